The maximum atomic E-state index is 13.5. The lowest BCUT2D eigenvalue weighted by molar-refractivity contribution is 0.0977. The van der Waals surface area contributed by atoms with Crippen molar-refractivity contribution in [2.45, 2.75) is 16.3 Å². The second-order valence-corrected chi connectivity index (χ2v) is 10.5. The summed E-state index contributed by atoms with van der Waals surface area (Å²) in [5, 5.41) is 5.86. The van der Waals surface area contributed by atoms with Crippen molar-refractivity contribution in [1.82, 2.24) is 5.32 Å². The van der Waals surface area contributed by atoms with E-state index in [0.29, 0.717) is 12.2 Å². The molecule has 182 valence electrons. The summed E-state index contributed by atoms with van der Waals surface area (Å²) in [4.78, 5) is 25.2. The van der Waals surface area contributed by atoms with Crippen LogP contribution in [0.15, 0.2) is 58.3 Å². The number of nitrogen functional groups attached to an aromatic ring is 1. The summed E-state index contributed by atoms with van der Waals surface area (Å²) < 4.78 is 67.1. The Kier molecular flexibility index (Phi) is 5.99. The summed E-state index contributed by atoms with van der Waals surface area (Å²) in [6.07, 6.45) is 0. The normalized spacial score (nSPS) is 13.3. The molecule has 6 N–H and O–H groups in total. The Hall–Kier alpha value is -3.62. The number of hydrogen-bond donors (Lipinski definition) is 5. The van der Waals surface area contributed by atoms with Gasteiger partial charge in [-0.3, -0.25) is 18.7 Å². The molecule has 0 saturated carbocycles. The van der Waals surface area contributed by atoms with Crippen LogP contribution in [0.3, 0.4) is 0 Å². The number of ketones is 2. The van der Waals surface area contributed by atoms with Gasteiger partial charge in [-0.15, -0.1) is 0 Å². The molecule has 0 saturated heterocycles. The van der Waals surface area contributed by atoms with E-state index >= 15 is 0 Å². The fraction of sp³-hybridized carbons (Fsp3) is 0.0909. The van der Waals surface area contributed by atoms with E-state index in [1.54, 1.807) is 31.3 Å². The zero-order valence-corrected chi connectivity index (χ0v) is 19.7. The number of benzene rings is 3. The fourth-order valence-corrected chi connectivity index (χ4v) is 5.31. The van der Waals surface area contributed by atoms with E-state index in [-0.39, 0.29) is 16.8 Å². The van der Waals surface area contributed by atoms with Gasteiger partial charge < -0.3 is 16.4 Å². The van der Waals surface area contributed by atoms with Gasteiger partial charge in [-0.1, -0.05) is 24.3 Å². The number of carbonyl (C=O) groups is 2. The summed E-state index contributed by atoms with van der Waals surface area (Å²) in [6, 6.07) is 11.1. The Morgan fingerprint density at radius 1 is 0.829 bits per heavy atom. The number of carbonyl (C=O) groups excluding carboxylic acids is 2. The Balaban J connectivity index is 1.99. The van der Waals surface area contributed by atoms with Crippen LogP contribution in [0.25, 0.3) is 0 Å². The predicted molar refractivity (Wildman–Crippen MR) is 126 cm³/mol. The van der Waals surface area contributed by atoms with Crippen molar-refractivity contribution in [2.75, 3.05) is 18.1 Å². The molecule has 0 spiro atoms. The first-order valence-corrected chi connectivity index (χ1v) is 12.9. The summed E-state index contributed by atoms with van der Waals surface area (Å²) in [7, 11) is -8.11. The van der Waals surface area contributed by atoms with E-state index in [2.05, 4.69) is 10.6 Å². The third-order valence-electron chi connectivity index (χ3n) is 5.45. The number of nitrogens with two attached hydrogens (primary N) is 1. The third kappa shape index (κ3) is 4.31. The Morgan fingerprint density at radius 3 is 2.03 bits per heavy atom. The second-order valence-electron chi connectivity index (χ2n) is 7.73. The smallest absolute Gasteiger partial charge is 0.296 e. The number of fused-ring (bicyclic) bond motifs is 2. The van der Waals surface area contributed by atoms with Gasteiger partial charge in [-0.05, 0) is 36.9 Å². The van der Waals surface area contributed by atoms with Crippen LogP contribution >= 0.6 is 0 Å². The van der Waals surface area contributed by atoms with E-state index in [9.17, 15) is 35.5 Å². The van der Waals surface area contributed by atoms with Gasteiger partial charge in [0.15, 0.2) is 11.6 Å². The van der Waals surface area contributed by atoms with Crippen molar-refractivity contribution in [3.8, 4) is 0 Å². The van der Waals surface area contributed by atoms with Gasteiger partial charge in [0.25, 0.3) is 20.2 Å². The molecule has 0 aliphatic heterocycles. The molecule has 0 heterocycles. The molecule has 3 aromatic carbocycles. The SMILES string of the molecule is CNCc1ccc(Nc2cc(S(=O)(=O)O)c(N)c3c2C(=O)c2cccc(S(=O)(=O)O)c2C3=O)cc1. The zero-order valence-electron chi connectivity index (χ0n) is 18.1. The van der Waals surface area contributed by atoms with Crippen molar-refractivity contribution in [3.05, 3.63) is 76.3 Å². The van der Waals surface area contributed by atoms with Crippen molar-refractivity contribution >= 4 is 48.9 Å². The number of rotatable bonds is 6. The quantitative estimate of drug-likeness (QED) is 0.185. The van der Waals surface area contributed by atoms with Crippen molar-refractivity contribution < 1.29 is 35.5 Å². The minimum Gasteiger partial charge on any atom is -0.397 e. The summed E-state index contributed by atoms with van der Waals surface area (Å²) in [5.41, 5.74) is 4.53. The Bertz CT molecular complexity index is 1610. The molecule has 11 nitrogen and oxygen atoms in total. The molecule has 4 rings (SSSR count). The largest absolute Gasteiger partial charge is 0.397 e. The topological polar surface area (TPSA) is 193 Å². The lowest BCUT2D eigenvalue weighted by Gasteiger charge is -2.24. The van der Waals surface area contributed by atoms with Gasteiger partial charge in [-0.25, -0.2) is 0 Å². The zero-order chi connectivity index (χ0) is 25.7. The predicted octanol–water partition coefficient (Wildman–Crippen LogP) is 2.00. The number of anilines is 3. The molecule has 13 heteroatoms. The highest BCUT2D eigenvalue weighted by atomic mass is 32.2. The van der Waals surface area contributed by atoms with Crippen molar-refractivity contribution in [1.29, 1.82) is 0 Å². The third-order valence-corrected chi connectivity index (χ3v) is 7.24. The molecule has 0 unspecified atom stereocenters. The first-order valence-electron chi connectivity index (χ1n) is 9.99. The standard InChI is InChI=1S/C22H19N3O8S2/c1-24-10-11-5-7-12(8-6-11)25-14-9-16(35(31,32)33)20(23)19-18(14)21(26)13-3-2-4-15(34(28,29)30)17(13)22(19)27/h2-9,24-25H,10,23H2,1H3,(H,28,29,30)(H,31,32,33). The second kappa shape index (κ2) is 8.55. The number of hydrogen-bond acceptors (Lipinski definition) is 9. The van der Waals surface area contributed by atoms with Gasteiger partial charge in [0, 0.05) is 17.8 Å². The van der Waals surface area contributed by atoms with Crippen LogP contribution < -0.4 is 16.4 Å². The fourth-order valence-electron chi connectivity index (χ4n) is 3.95. The minimum atomic E-state index is -4.96. The highest BCUT2D eigenvalue weighted by molar-refractivity contribution is 7.86. The lowest BCUT2D eigenvalue weighted by Crippen LogP contribution is -2.27. The van der Waals surface area contributed by atoms with E-state index in [1.165, 1.54) is 12.1 Å². The van der Waals surface area contributed by atoms with Gasteiger partial charge >= 0.3 is 0 Å². The minimum absolute atomic E-state index is 0.149. The molecule has 0 amide bonds. The molecule has 0 aromatic heterocycles. The van der Waals surface area contributed by atoms with Gasteiger partial charge in [0.1, 0.15) is 9.79 Å². The van der Waals surface area contributed by atoms with Crippen molar-refractivity contribution in [3.63, 3.8) is 0 Å². The highest BCUT2D eigenvalue weighted by Crippen LogP contribution is 2.41. The van der Waals surface area contributed by atoms with E-state index < -0.39 is 58.4 Å². The van der Waals surface area contributed by atoms with Crippen LogP contribution in [0, 0.1) is 0 Å². The Morgan fingerprint density at radius 2 is 1.46 bits per heavy atom. The molecule has 1 aliphatic carbocycles. The maximum absolute atomic E-state index is 13.5. The molecule has 35 heavy (non-hydrogen) atoms. The van der Waals surface area contributed by atoms with Crippen LogP contribution in [-0.2, 0) is 26.8 Å². The van der Waals surface area contributed by atoms with Crippen LogP contribution in [0.4, 0.5) is 17.1 Å². The number of nitrogens with one attached hydrogen (secondary N) is 2. The van der Waals surface area contributed by atoms with E-state index in [4.69, 9.17) is 5.73 Å². The summed E-state index contributed by atoms with van der Waals surface area (Å²) >= 11 is 0. The van der Waals surface area contributed by atoms with E-state index in [1.807, 2.05) is 0 Å². The molecular formula is C22H19N3O8S2. The molecule has 3 aromatic rings. The molecule has 0 atom stereocenters. The highest BCUT2D eigenvalue weighted by Gasteiger charge is 2.39. The van der Waals surface area contributed by atoms with Crippen LogP contribution in [0.1, 0.15) is 37.4 Å². The molecule has 0 bridgehead atoms. The van der Waals surface area contributed by atoms with Crippen LogP contribution in [0.2, 0.25) is 0 Å². The van der Waals surface area contributed by atoms with Gasteiger partial charge in [0.2, 0.25) is 0 Å². The van der Waals surface area contributed by atoms with Crippen LogP contribution in [0.5, 0.6) is 0 Å². The average molecular weight is 518 g/mol. The first kappa shape index (κ1) is 24.5. The van der Waals surface area contributed by atoms with Crippen molar-refractivity contribution in [2.24, 2.45) is 0 Å². The van der Waals surface area contributed by atoms with Gasteiger partial charge in [0.05, 0.1) is 28.1 Å². The summed E-state index contributed by atoms with van der Waals surface area (Å²) in [5.74, 6) is -1.93. The van der Waals surface area contributed by atoms with Gasteiger partial charge in [-0.2, -0.15) is 16.8 Å². The summed E-state index contributed by atoms with van der Waals surface area (Å²) in [6.45, 7) is 0.588. The average Bonchev–Trinajstić information content (AvgIpc) is 2.78. The molecule has 1 aliphatic rings. The van der Waals surface area contributed by atoms with E-state index in [0.717, 1.165) is 17.7 Å². The molecule has 0 fully saturated rings. The maximum Gasteiger partial charge on any atom is 0.296 e. The first-order chi connectivity index (χ1) is 16.3. The monoisotopic (exact) mass is 517 g/mol. The van der Waals surface area contributed by atoms with Crippen LogP contribution in [-0.4, -0.2) is 44.6 Å². The molecular weight excluding hydrogens is 498 g/mol. The lowest BCUT2D eigenvalue weighted by atomic mass is 9.82. The Labute approximate surface area is 200 Å². The molecule has 0 radical (unpaired) electrons.